The van der Waals surface area contributed by atoms with E-state index in [9.17, 15) is 4.79 Å². The molecule has 5 nitrogen and oxygen atoms in total. The Balaban J connectivity index is 2.19. The number of morpholine rings is 1. The van der Waals surface area contributed by atoms with Gasteiger partial charge in [-0.15, -0.1) is 0 Å². The fourth-order valence-electron chi connectivity index (χ4n) is 2.99. The molecule has 1 unspecified atom stereocenters. The van der Waals surface area contributed by atoms with E-state index in [-0.39, 0.29) is 23.0 Å². The maximum Gasteiger partial charge on any atom is 0.371 e. The van der Waals surface area contributed by atoms with Crippen molar-refractivity contribution in [2.24, 2.45) is 0 Å². The molecule has 0 amide bonds. The lowest BCUT2D eigenvalue weighted by molar-refractivity contribution is -0.188. The van der Waals surface area contributed by atoms with Crippen molar-refractivity contribution in [3.8, 4) is 0 Å². The topological polar surface area (TPSA) is 62.9 Å². The highest BCUT2D eigenvalue weighted by atomic mass is 16.5. The van der Waals surface area contributed by atoms with Gasteiger partial charge in [-0.3, -0.25) is 4.90 Å². The van der Waals surface area contributed by atoms with Crippen LogP contribution in [0.15, 0.2) is 16.5 Å². The third-order valence-electron chi connectivity index (χ3n) is 3.52. The zero-order chi connectivity index (χ0) is 15.1. The summed E-state index contributed by atoms with van der Waals surface area (Å²) in [6.45, 7) is 11.9. The van der Waals surface area contributed by atoms with E-state index >= 15 is 0 Å². The fourth-order valence-corrected chi connectivity index (χ4v) is 2.99. The van der Waals surface area contributed by atoms with Gasteiger partial charge in [0, 0.05) is 13.1 Å². The minimum Gasteiger partial charge on any atom is -0.475 e. The first-order valence-electron chi connectivity index (χ1n) is 6.87. The van der Waals surface area contributed by atoms with Crippen molar-refractivity contribution in [2.75, 3.05) is 13.1 Å². The Hall–Kier alpha value is -1.33. The Kier molecular flexibility index (Phi) is 3.69. The van der Waals surface area contributed by atoms with Crippen molar-refractivity contribution in [1.82, 2.24) is 4.90 Å². The lowest BCUT2D eigenvalue weighted by Gasteiger charge is -2.48. The van der Waals surface area contributed by atoms with Crippen molar-refractivity contribution < 1.29 is 19.1 Å². The standard InChI is InChI=1S/C15H23NO4/c1-10(11-6-7-12(19-11)13(17)18)16-8-14(2,3)20-15(4,5)9-16/h6-7,10H,8-9H2,1-5H3,(H,17,18). The highest BCUT2D eigenvalue weighted by Gasteiger charge is 2.40. The molecule has 1 saturated heterocycles. The number of aromatic carboxylic acids is 1. The van der Waals surface area contributed by atoms with Crippen LogP contribution in [0, 0.1) is 0 Å². The van der Waals surface area contributed by atoms with E-state index in [0.717, 1.165) is 13.1 Å². The van der Waals surface area contributed by atoms with Crippen LogP contribution in [0.5, 0.6) is 0 Å². The summed E-state index contributed by atoms with van der Waals surface area (Å²) in [7, 11) is 0. The van der Waals surface area contributed by atoms with Crippen LogP contribution < -0.4 is 0 Å². The maximum absolute atomic E-state index is 10.9. The number of ether oxygens (including phenoxy) is 1. The molecule has 1 aliphatic rings. The number of nitrogens with zero attached hydrogens (tertiary/aromatic N) is 1. The van der Waals surface area contributed by atoms with Gasteiger partial charge in [-0.25, -0.2) is 4.79 Å². The first kappa shape index (κ1) is 15.1. The summed E-state index contributed by atoms with van der Waals surface area (Å²) in [5, 5.41) is 8.93. The van der Waals surface area contributed by atoms with Gasteiger partial charge in [-0.1, -0.05) is 0 Å². The first-order chi connectivity index (χ1) is 9.10. The average molecular weight is 281 g/mol. The molecule has 20 heavy (non-hydrogen) atoms. The SMILES string of the molecule is CC(c1ccc(C(=O)O)o1)N1CC(C)(C)OC(C)(C)C1. The molecule has 1 aromatic heterocycles. The lowest BCUT2D eigenvalue weighted by atomic mass is 9.97. The molecule has 0 bridgehead atoms. The van der Waals surface area contributed by atoms with Crippen molar-refractivity contribution >= 4 is 5.97 Å². The molecule has 2 rings (SSSR count). The smallest absolute Gasteiger partial charge is 0.371 e. The summed E-state index contributed by atoms with van der Waals surface area (Å²) in [5.74, 6) is -0.374. The van der Waals surface area contributed by atoms with Gasteiger partial charge in [0.05, 0.1) is 17.2 Å². The van der Waals surface area contributed by atoms with Crippen LogP contribution in [0.2, 0.25) is 0 Å². The van der Waals surface area contributed by atoms with Crippen molar-refractivity contribution in [3.63, 3.8) is 0 Å². The summed E-state index contributed by atoms with van der Waals surface area (Å²) < 4.78 is 11.5. The van der Waals surface area contributed by atoms with Crippen LogP contribution in [-0.4, -0.2) is 40.3 Å². The van der Waals surface area contributed by atoms with E-state index in [1.807, 2.05) is 6.92 Å². The number of hydrogen-bond acceptors (Lipinski definition) is 4. The molecule has 0 radical (unpaired) electrons. The molecule has 1 fully saturated rings. The van der Waals surface area contributed by atoms with Crippen molar-refractivity contribution in [3.05, 3.63) is 23.7 Å². The van der Waals surface area contributed by atoms with E-state index < -0.39 is 5.97 Å². The number of carbonyl (C=O) groups is 1. The molecule has 1 atom stereocenters. The zero-order valence-electron chi connectivity index (χ0n) is 12.8. The van der Waals surface area contributed by atoms with Gasteiger partial charge in [0.1, 0.15) is 5.76 Å². The molecule has 2 heterocycles. The second-order valence-corrected chi connectivity index (χ2v) is 6.71. The van der Waals surface area contributed by atoms with E-state index in [4.69, 9.17) is 14.3 Å². The molecule has 1 aromatic rings. The summed E-state index contributed by atoms with van der Waals surface area (Å²) in [4.78, 5) is 13.2. The van der Waals surface area contributed by atoms with Crippen LogP contribution in [0.4, 0.5) is 0 Å². The number of carboxylic acid groups (broad SMARTS) is 1. The van der Waals surface area contributed by atoms with Gasteiger partial charge in [0.2, 0.25) is 5.76 Å². The second-order valence-electron chi connectivity index (χ2n) is 6.71. The van der Waals surface area contributed by atoms with Gasteiger partial charge in [0.15, 0.2) is 0 Å². The molecule has 112 valence electrons. The Morgan fingerprint density at radius 3 is 2.25 bits per heavy atom. The molecule has 1 aliphatic heterocycles. The Labute approximate surface area is 119 Å². The van der Waals surface area contributed by atoms with Gasteiger partial charge in [-0.05, 0) is 46.8 Å². The van der Waals surface area contributed by atoms with Crippen LogP contribution in [-0.2, 0) is 4.74 Å². The number of rotatable bonds is 3. The van der Waals surface area contributed by atoms with E-state index in [1.54, 1.807) is 6.07 Å². The van der Waals surface area contributed by atoms with Gasteiger partial charge in [0.25, 0.3) is 0 Å². The first-order valence-corrected chi connectivity index (χ1v) is 6.87. The molecular weight excluding hydrogens is 258 g/mol. The van der Waals surface area contributed by atoms with Gasteiger partial charge < -0.3 is 14.3 Å². The predicted molar refractivity (Wildman–Crippen MR) is 74.9 cm³/mol. The van der Waals surface area contributed by atoms with E-state index in [0.29, 0.717) is 5.76 Å². The van der Waals surface area contributed by atoms with Crippen LogP contribution in [0.25, 0.3) is 0 Å². The van der Waals surface area contributed by atoms with Crippen molar-refractivity contribution in [1.29, 1.82) is 0 Å². The molecular formula is C15H23NO4. The Morgan fingerprint density at radius 1 is 1.25 bits per heavy atom. The monoisotopic (exact) mass is 281 g/mol. The fraction of sp³-hybridized carbons (Fsp3) is 0.667. The van der Waals surface area contributed by atoms with E-state index in [2.05, 4.69) is 32.6 Å². The molecule has 5 heteroatoms. The largest absolute Gasteiger partial charge is 0.475 e. The molecule has 0 saturated carbocycles. The summed E-state index contributed by atoms with van der Waals surface area (Å²) in [5.41, 5.74) is -0.476. The quantitative estimate of drug-likeness (QED) is 0.923. The van der Waals surface area contributed by atoms with Crippen molar-refractivity contribution in [2.45, 2.75) is 51.9 Å². The molecule has 0 aliphatic carbocycles. The molecule has 1 N–H and O–H groups in total. The second kappa shape index (κ2) is 4.90. The lowest BCUT2D eigenvalue weighted by Crippen LogP contribution is -2.57. The molecule has 0 aromatic carbocycles. The highest BCUT2D eigenvalue weighted by molar-refractivity contribution is 5.84. The van der Waals surface area contributed by atoms with Crippen LogP contribution in [0.3, 0.4) is 0 Å². The zero-order valence-corrected chi connectivity index (χ0v) is 12.8. The summed E-state index contributed by atoms with van der Waals surface area (Å²) in [6.07, 6.45) is 0. The minimum atomic E-state index is -1.04. The number of furan rings is 1. The normalized spacial score (nSPS) is 23.4. The molecule has 0 spiro atoms. The summed E-state index contributed by atoms with van der Waals surface area (Å²) >= 11 is 0. The third-order valence-corrected chi connectivity index (χ3v) is 3.52. The Morgan fingerprint density at radius 2 is 1.80 bits per heavy atom. The van der Waals surface area contributed by atoms with Crippen LogP contribution >= 0.6 is 0 Å². The number of carboxylic acids is 1. The maximum atomic E-state index is 10.9. The van der Waals surface area contributed by atoms with E-state index in [1.165, 1.54) is 6.07 Å². The van der Waals surface area contributed by atoms with Gasteiger partial charge in [-0.2, -0.15) is 0 Å². The Bertz CT molecular complexity index is 488. The summed E-state index contributed by atoms with van der Waals surface area (Å²) in [6, 6.07) is 3.26. The number of hydrogen-bond donors (Lipinski definition) is 1. The minimum absolute atomic E-state index is 0.0152. The van der Waals surface area contributed by atoms with Gasteiger partial charge >= 0.3 is 5.97 Å². The highest BCUT2D eigenvalue weighted by Crippen LogP contribution is 2.33. The van der Waals surface area contributed by atoms with Crippen LogP contribution in [0.1, 0.15) is 57.0 Å². The average Bonchev–Trinajstić information content (AvgIpc) is 2.72. The predicted octanol–water partition coefficient (Wildman–Crippen LogP) is 2.93. The third kappa shape index (κ3) is 3.22.